The molecule has 154 valence electrons. The Bertz CT molecular complexity index is 868. The molecule has 0 spiro atoms. The van der Waals surface area contributed by atoms with Crippen molar-refractivity contribution in [1.29, 1.82) is 0 Å². The zero-order chi connectivity index (χ0) is 21.2. The number of carbonyl (C=O) groups is 2. The van der Waals surface area contributed by atoms with Crippen LogP contribution in [0.5, 0.6) is 5.75 Å². The lowest BCUT2D eigenvalue weighted by atomic mass is 10.2. The molecule has 0 fully saturated rings. The Morgan fingerprint density at radius 2 is 1.72 bits per heavy atom. The molecule has 29 heavy (non-hydrogen) atoms. The molecule has 0 aromatic heterocycles. The molecular weight excluding hydrogens is 386 g/mol. The van der Waals surface area contributed by atoms with E-state index in [0.717, 1.165) is 12.8 Å². The van der Waals surface area contributed by atoms with Gasteiger partial charge in [-0.1, -0.05) is 45.4 Å². The van der Waals surface area contributed by atoms with Crippen molar-refractivity contribution in [3.63, 3.8) is 0 Å². The second-order valence-corrected chi connectivity index (χ2v) is 7.24. The molecule has 0 radical (unpaired) electrons. The monoisotopic (exact) mass is 413 g/mol. The third-order valence-corrected chi connectivity index (χ3v) is 4.23. The molecule has 2 aromatic carbocycles. The largest absolute Gasteiger partial charge is 0.493 e. The Balaban J connectivity index is 1.99. The first-order valence-electron chi connectivity index (χ1n) is 9.65. The Labute approximate surface area is 177 Å². The van der Waals surface area contributed by atoms with E-state index in [0.29, 0.717) is 29.3 Å². The highest BCUT2D eigenvalue weighted by atomic mass is 32.1. The molecular formula is C22H27N3O3S. The molecule has 0 aliphatic heterocycles. The van der Waals surface area contributed by atoms with E-state index in [1.165, 1.54) is 0 Å². The number of amides is 2. The lowest BCUT2D eigenvalue weighted by molar-refractivity contribution is -0.118. The second kappa shape index (κ2) is 11.2. The van der Waals surface area contributed by atoms with E-state index in [1.54, 1.807) is 42.5 Å². The van der Waals surface area contributed by atoms with Gasteiger partial charge in [0.1, 0.15) is 5.75 Å². The van der Waals surface area contributed by atoms with Crippen molar-refractivity contribution in [2.45, 2.75) is 33.6 Å². The topological polar surface area (TPSA) is 79.5 Å². The van der Waals surface area contributed by atoms with Crippen LogP contribution >= 0.6 is 12.2 Å². The molecule has 0 atom stereocenters. The number of carbonyl (C=O) groups excluding carboxylic acids is 2. The zero-order valence-corrected chi connectivity index (χ0v) is 17.8. The number of thiocarbonyl (C=S) groups is 1. The molecule has 7 heteroatoms. The summed E-state index contributed by atoms with van der Waals surface area (Å²) < 4.78 is 5.71. The van der Waals surface area contributed by atoms with Crippen molar-refractivity contribution in [3.05, 3.63) is 54.1 Å². The van der Waals surface area contributed by atoms with E-state index in [-0.39, 0.29) is 22.8 Å². The number of rotatable bonds is 8. The number of hydrogen-bond donors (Lipinski definition) is 3. The predicted octanol–water partition coefficient (Wildman–Crippen LogP) is 4.59. The number of ether oxygens (including phenoxy) is 1. The summed E-state index contributed by atoms with van der Waals surface area (Å²) in [4.78, 5) is 24.5. The molecule has 2 amide bonds. The minimum atomic E-state index is -0.348. The highest BCUT2D eigenvalue weighted by molar-refractivity contribution is 7.80. The van der Waals surface area contributed by atoms with Crippen LogP contribution in [0.25, 0.3) is 0 Å². The molecule has 3 N–H and O–H groups in total. The summed E-state index contributed by atoms with van der Waals surface area (Å²) in [6.07, 6.45) is 1.93. The van der Waals surface area contributed by atoms with Crippen LogP contribution in [0.1, 0.15) is 44.0 Å². The van der Waals surface area contributed by atoms with Crippen molar-refractivity contribution < 1.29 is 14.3 Å². The first kappa shape index (κ1) is 22.4. The van der Waals surface area contributed by atoms with Gasteiger partial charge in [0.15, 0.2) is 5.11 Å². The molecule has 0 aliphatic rings. The summed E-state index contributed by atoms with van der Waals surface area (Å²) in [5.41, 5.74) is 1.73. The van der Waals surface area contributed by atoms with E-state index in [9.17, 15) is 9.59 Å². The number of anilines is 2. The van der Waals surface area contributed by atoms with Gasteiger partial charge < -0.3 is 15.4 Å². The minimum absolute atomic E-state index is 0.0716. The van der Waals surface area contributed by atoms with Crippen LogP contribution in [-0.2, 0) is 4.79 Å². The Morgan fingerprint density at radius 3 is 2.41 bits per heavy atom. The van der Waals surface area contributed by atoms with Crippen molar-refractivity contribution in [2.75, 3.05) is 17.2 Å². The third kappa shape index (κ3) is 7.19. The van der Waals surface area contributed by atoms with Crippen molar-refractivity contribution in [1.82, 2.24) is 5.32 Å². The smallest absolute Gasteiger partial charge is 0.261 e. The average molecular weight is 414 g/mol. The first-order valence-corrected chi connectivity index (χ1v) is 10.1. The maximum absolute atomic E-state index is 12.6. The maximum Gasteiger partial charge on any atom is 0.261 e. The van der Waals surface area contributed by atoms with Gasteiger partial charge in [0.25, 0.3) is 5.91 Å². The van der Waals surface area contributed by atoms with Crippen LogP contribution in [0.3, 0.4) is 0 Å². The minimum Gasteiger partial charge on any atom is -0.493 e. The van der Waals surface area contributed by atoms with Gasteiger partial charge >= 0.3 is 0 Å². The van der Waals surface area contributed by atoms with Crippen molar-refractivity contribution in [2.24, 2.45) is 5.92 Å². The quantitative estimate of drug-likeness (QED) is 0.436. The van der Waals surface area contributed by atoms with E-state index < -0.39 is 0 Å². The summed E-state index contributed by atoms with van der Waals surface area (Å²) >= 11 is 5.26. The number of hydrogen-bond acceptors (Lipinski definition) is 4. The Hall–Kier alpha value is -2.93. The maximum atomic E-state index is 12.6. The van der Waals surface area contributed by atoms with Gasteiger partial charge in [-0.25, -0.2) is 0 Å². The zero-order valence-electron chi connectivity index (χ0n) is 17.0. The number of para-hydroxylation sites is 1. The van der Waals surface area contributed by atoms with Gasteiger partial charge in [0.2, 0.25) is 5.91 Å². The Morgan fingerprint density at radius 1 is 1.03 bits per heavy atom. The number of benzene rings is 2. The lowest BCUT2D eigenvalue weighted by Gasteiger charge is -2.14. The predicted molar refractivity (Wildman–Crippen MR) is 120 cm³/mol. The molecule has 0 saturated heterocycles. The van der Waals surface area contributed by atoms with Gasteiger partial charge in [-0.05, 0) is 49.0 Å². The lowest BCUT2D eigenvalue weighted by Crippen LogP contribution is -2.34. The second-order valence-electron chi connectivity index (χ2n) is 6.83. The van der Waals surface area contributed by atoms with Gasteiger partial charge in [-0.15, -0.1) is 0 Å². The fourth-order valence-electron chi connectivity index (χ4n) is 2.40. The van der Waals surface area contributed by atoms with Crippen LogP contribution in [0.2, 0.25) is 0 Å². The van der Waals surface area contributed by atoms with Gasteiger partial charge in [0, 0.05) is 17.3 Å². The number of nitrogens with one attached hydrogen (secondary N) is 3. The SMILES string of the molecule is CCCCOc1ccccc1C(=O)NC(=S)Nc1cccc(NC(=O)C(C)C)c1. The van der Waals surface area contributed by atoms with Crippen molar-refractivity contribution >= 4 is 40.5 Å². The molecule has 2 aromatic rings. The van der Waals surface area contributed by atoms with Crippen LogP contribution in [0.4, 0.5) is 11.4 Å². The van der Waals surface area contributed by atoms with E-state index >= 15 is 0 Å². The molecule has 0 bridgehead atoms. The van der Waals surface area contributed by atoms with Gasteiger partial charge in [-0.3, -0.25) is 14.9 Å². The molecule has 0 heterocycles. The fraction of sp³-hybridized carbons (Fsp3) is 0.318. The summed E-state index contributed by atoms with van der Waals surface area (Å²) in [7, 11) is 0. The molecule has 0 unspecified atom stereocenters. The van der Waals surface area contributed by atoms with Crippen LogP contribution in [-0.4, -0.2) is 23.5 Å². The van der Waals surface area contributed by atoms with Gasteiger partial charge in [0.05, 0.1) is 12.2 Å². The van der Waals surface area contributed by atoms with Gasteiger partial charge in [-0.2, -0.15) is 0 Å². The standard InChI is InChI=1S/C22H27N3O3S/c1-4-5-13-28-19-12-7-6-11-18(19)21(27)25-22(29)24-17-10-8-9-16(14-17)23-20(26)15(2)3/h6-12,14-15H,4-5,13H2,1-3H3,(H,23,26)(H2,24,25,27,29). The first-order chi connectivity index (χ1) is 13.9. The van der Waals surface area contributed by atoms with Crippen LogP contribution in [0.15, 0.2) is 48.5 Å². The normalized spacial score (nSPS) is 10.3. The fourth-order valence-corrected chi connectivity index (χ4v) is 2.61. The molecule has 6 nitrogen and oxygen atoms in total. The summed E-state index contributed by atoms with van der Waals surface area (Å²) in [6, 6.07) is 14.2. The molecule has 0 saturated carbocycles. The summed E-state index contributed by atoms with van der Waals surface area (Å²) in [5.74, 6) is -0.0113. The Kier molecular flexibility index (Phi) is 8.61. The van der Waals surface area contributed by atoms with Crippen molar-refractivity contribution in [3.8, 4) is 5.75 Å². The van der Waals surface area contributed by atoms with Crippen LogP contribution in [0, 0.1) is 5.92 Å². The highest BCUT2D eigenvalue weighted by Crippen LogP contribution is 2.19. The van der Waals surface area contributed by atoms with E-state index in [2.05, 4.69) is 22.9 Å². The number of unbranched alkanes of at least 4 members (excludes halogenated alkanes) is 1. The summed E-state index contributed by atoms with van der Waals surface area (Å²) in [6.45, 7) is 6.28. The third-order valence-electron chi connectivity index (χ3n) is 4.03. The highest BCUT2D eigenvalue weighted by Gasteiger charge is 2.14. The molecule has 2 rings (SSSR count). The van der Waals surface area contributed by atoms with E-state index in [1.807, 2.05) is 19.9 Å². The molecule has 0 aliphatic carbocycles. The average Bonchev–Trinajstić information content (AvgIpc) is 2.68. The van der Waals surface area contributed by atoms with E-state index in [4.69, 9.17) is 17.0 Å². The summed E-state index contributed by atoms with van der Waals surface area (Å²) in [5, 5.41) is 8.62. The van der Waals surface area contributed by atoms with Crippen LogP contribution < -0.4 is 20.7 Å².